The van der Waals surface area contributed by atoms with E-state index in [2.05, 4.69) is 20.9 Å². The quantitative estimate of drug-likeness (QED) is 0.852. The Hall–Kier alpha value is -1.85. The number of piperazine rings is 1. The molecule has 3 rings (SSSR count). The molecule has 1 aliphatic carbocycles. The molecule has 0 aromatic carbocycles. The molecule has 0 spiro atoms. The third-order valence-electron chi connectivity index (χ3n) is 4.33. The van der Waals surface area contributed by atoms with E-state index in [9.17, 15) is 4.79 Å². The number of rotatable bonds is 3. The third-order valence-corrected chi connectivity index (χ3v) is 4.33. The van der Waals surface area contributed by atoms with E-state index in [-0.39, 0.29) is 6.09 Å². The Kier molecular flexibility index (Phi) is 4.22. The van der Waals surface area contributed by atoms with E-state index in [0.29, 0.717) is 25.6 Å². The van der Waals surface area contributed by atoms with Crippen molar-refractivity contribution in [1.29, 1.82) is 0 Å². The lowest BCUT2D eigenvalue weighted by molar-refractivity contribution is 0.105. The molecule has 21 heavy (non-hydrogen) atoms. The highest BCUT2D eigenvalue weighted by atomic mass is 16.6. The summed E-state index contributed by atoms with van der Waals surface area (Å²) in [5.74, 6) is 1.60. The number of carbonyl (C=O) groups excluding carboxylic acids is 1. The van der Waals surface area contributed by atoms with Crippen LogP contribution >= 0.6 is 0 Å². The second-order valence-electron chi connectivity index (χ2n) is 5.60. The second kappa shape index (κ2) is 6.28. The Balaban J connectivity index is 1.60. The zero-order valence-corrected chi connectivity index (χ0v) is 12.5. The second-order valence-corrected chi connectivity index (χ2v) is 5.60. The zero-order chi connectivity index (χ0) is 14.7. The minimum absolute atomic E-state index is 0.213. The lowest BCUT2D eigenvalue weighted by Crippen LogP contribution is -2.49. The first-order valence-electron chi connectivity index (χ1n) is 7.76. The topological polar surface area (TPSA) is 58.6 Å². The van der Waals surface area contributed by atoms with Gasteiger partial charge < -0.3 is 14.5 Å². The van der Waals surface area contributed by atoms with Gasteiger partial charge in [0.05, 0.1) is 6.61 Å². The predicted octanol–water partition coefficient (Wildman–Crippen LogP) is 2.02. The van der Waals surface area contributed by atoms with Crippen LogP contribution in [-0.4, -0.2) is 53.7 Å². The first-order chi connectivity index (χ1) is 10.3. The lowest BCUT2D eigenvalue weighted by atomic mass is 9.83. The molecule has 0 bridgehead atoms. The molecule has 0 unspecified atom stereocenters. The summed E-state index contributed by atoms with van der Waals surface area (Å²) in [5, 5.41) is 0. The summed E-state index contributed by atoms with van der Waals surface area (Å²) in [5.41, 5.74) is 1.17. The van der Waals surface area contributed by atoms with Gasteiger partial charge in [0.15, 0.2) is 0 Å². The van der Waals surface area contributed by atoms with Crippen LogP contribution < -0.4 is 4.90 Å². The molecule has 1 amide bonds. The SMILES string of the molecule is CCOC(=O)N1CCN(c2cc(C3CCC3)ncn2)CC1. The van der Waals surface area contributed by atoms with Crippen LogP contribution in [0, 0.1) is 0 Å². The van der Waals surface area contributed by atoms with Gasteiger partial charge >= 0.3 is 6.09 Å². The van der Waals surface area contributed by atoms with Crippen molar-refractivity contribution in [2.45, 2.75) is 32.1 Å². The van der Waals surface area contributed by atoms with Gasteiger partial charge in [0.25, 0.3) is 0 Å². The molecule has 6 heteroatoms. The van der Waals surface area contributed by atoms with Gasteiger partial charge in [-0.25, -0.2) is 14.8 Å². The standard InChI is InChI=1S/C15H22N4O2/c1-2-21-15(20)19-8-6-18(7-9-19)14-10-13(16-11-17-14)12-4-3-5-12/h10-12H,2-9H2,1H3. The fraction of sp³-hybridized carbons (Fsp3) is 0.667. The van der Waals surface area contributed by atoms with Gasteiger partial charge in [-0.1, -0.05) is 6.42 Å². The number of aromatic nitrogens is 2. The minimum Gasteiger partial charge on any atom is -0.450 e. The van der Waals surface area contributed by atoms with Crippen LogP contribution in [0.15, 0.2) is 12.4 Å². The van der Waals surface area contributed by atoms with Crippen LogP contribution in [0.25, 0.3) is 0 Å². The summed E-state index contributed by atoms with van der Waals surface area (Å²) < 4.78 is 5.04. The van der Waals surface area contributed by atoms with Crippen molar-refractivity contribution < 1.29 is 9.53 Å². The Bertz CT molecular complexity index is 496. The van der Waals surface area contributed by atoms with E-state index in [1.807, 2.05) is 6.92 Å². The van der Waals surface area contributed by atoms with Crippen molar-refractivity contribution in [2.75, 3.05) is 37.7 Å². The molecule has 1 aromatic heterocycles. The Morgan fingerprint density at radius 2 is 2.05 bits per heavy atom. The Morgan fingerprint density at radius 3 is 2.67 bits per heavy atom. The third kappa shape index (κ3) is 3.09. The van der Waals surface area contributed by atoms with E-state index in [0.717, 1.165) is 18.9 Å². The van der Waals surface area contributed by atoms with Crippen LogP contribution in [0.4, 0.5) is 10.6 Å². The highest BCUT2D eigenvalue weighted by molar-refractivity contribution is 5.68. The fourth-order valence-corrected chi connectivity index (χ4v) is 2.79. The van der Waals surface area contributed by atoms with Crippen molar-refractivity contribution in [2.24, 2.45) is 0 Å². The number of hydrogen-bond donors (Lipinski definition) is 0. The van der Waals surface area contributed by atoms with Crippen molar-refractivity contribution in [3.05, 3.63) is 18.1 Å². The van der Waals surface area contributed by atoms with Gasteiger partial charge in [-0.05, 0) is 19.8 Å². The average molecular weight is 290 g/mol. The molecule has 1 saturated heterocycles. The van der Waals surface area contributed by atoms with Gasteiger partial charge in [0.2, 0.25) is 0 Å². The summed E-state index contributed by atoms with van der Waals surface area (Å²) in [4.78, 5) is 24.5. The van der Waals surface area contributed by atoms with E-state index in [1.165, 1.54) is 25.0 Å². The molecule has 1 saturated carbocycles. The predicted molar refractivity (Wildman–Crippen MR) is 79.4 cm³/mol. The summed E-state index contributed by atoms with van der Waals surface area (Å²) in [6.45, 7) is 5.20. The Morgan fingerprint density at radius 1 is 1.29 bits per heavy atom. The number of carbonyl (C=O) groups is 1. The molecule has 0 atom stereocenters. The first kappa shape index (κ1) is 14.1. The van der Waals surface area contributed by atoms with E-state index >= 15 is 0 Å². The molecule has 1 aromatic rings. The summed E-state index contributed by atoms with van der Waals surface area (Å²) in [7, 11) is 0. The first-order valence-corrected chi connectivity index (χ1v) is 7.76. The van der Waals surface area contributed by atoms with Crippen molar-refractivity contribution in [3.8, 4) is 0 Å². The maximum atomic E-state index is 11.7. The molecule has 0 radical (unpaired) electrons. The number of hydrogen-bond acceptors (Lipinski definition) is 5. The Labute approximate surface area is 125 Å². The van der Waals surface area contributed by atoms with Crippen molar-refractivity contribution >= 4 is 11.9 Å². The van der Waals surface area contributed by atoms with Crippen LogP contribution in [-0.2, 0) is 4.74 Å². The molecular weight excluding hydrogens is 268 g/mol. The maximum Gasteiger partial charge on any atom is 0.409 e. The summed E-state index contributed by atoms with van der Waals surface area (Å²) in [6.07, 6.45) is 5.25. The van der Waals surface area contributed by atoms with Gasteiger partial charge in [-0.15, -0.1) is 0 Å². The van der Waals surface area contributed by atoms with Gasteiger partial charge in [-0.3, -0.25) is 0 Å². The van der Waals surface area contributed by atoms with Crippen molar-refractivity contribution in [3.63, 3.8) is 0 Å². The number of ether oxygens (including phenoxy) is 1. The molecule has 2 fully saturated rings. The number of nitrogens with zero attached hydrogens (tertiary/aromatic N) is 4. The van der Waals surface area contributed by atoms with E-state index in [4.69, 9.17) is 4.74 Å². The smallest absolute Gasteiger partial charge is 0.409 e. The van der Waals surface area contributed by atoms with Gasteiger partial charge in [0, 0.05) is 43.9 Å². The van der Waals surface area contributed by atoms with Gasteiger partial charge in [0.1, 0.15) is 12.1 Å². The van der Waals surface area contributed by atoms with Crippen LogP contribution in [0.5, 0.6) is 0 Å². The minimum atomic E-state index is -0.213. The molecule has 2 aliphatic rings. The van der Waals surface area contributed by atoms with E-state index < -0.39 is 0 Å². The molecule has 0 N–H and O–H groups in total. The fourth-order valence-electron chi connectivity index (χ4n) is 2.79. The maximum absolute atomic E-state index is 11.7. The van der Waals surface area contributed by atoms with Crippen LogP contribution in [0.3, 0.4) is 0 Å². The normalized spacial score (nSPS) is 19.3. The molecule has 114 valence electrons. The highest BCUT2D eigenvalue weighted by Crippen LogP contribution is 2.35. The summed E-state index contributed by atoms with van der Waals surface area (Å²) >= 11 is 0. The monoisotopic (exact) mass is 290 g/mol. The summed E-state index contributed by atoms with van der Waals surface area (Å²) in [6, 6.07) is 2.11. The molecular formula is C15H22N4O2. The average Bonchev–Trinajstić information content (AvgIpc) is 2.46. The van der Waals surface area contributed by atoms with Crippen LogP contribution in [0.1, 0.15) is 37.8 Å². The zero-order valence-electron chi connectivity index (χ0n) is 12.5. The lowest BCUT2D eigenvalue weighted by Gasteiger charge is -2.35. The largest absolute Gasteiger partial charge is 0.450 e. The molecule has 2 heterocycles. The highest BCUT2D eigenvalue weighted by Gasteiger charge is 2.25. The van der Waals surface area contributed by atoms with Crippen LogP contribution in [0.2, 0.25) is 0 Å². The van der Waals surface area contributed by atoms with Crippen molar-refractivity contribution in [1.82, 2.24) is 14.9 Å². The van der Waals surface area contributed by atoms with Gasteiger partial charge in [-0.2, -0.15) is 0 Å². The number of anilines is 1. The molecule has 1 aliphatic heterocycles. The molecule has 6 nitrogen and oxygen atoms in total. The number of amides is 1. The van der Waals surface area contributed by atoms with E-state index in [1.54, 1.807) is 11.2 Å².